The highest BCUT2D eigenvalue weighted by atomic mass is 32.2. The van der Waals surface area contributed by atoms with Crippen molar-refractivity contribution in [3.05, 3.63) is 54.3 Å². The van der Waals surface area contributed by atoms with Crippen molar-refractivity contribution in [3.63, 3.8) is 0 Å². The fourth-order valence-electron chi connectivity index (χ4n) is 2.77. The molecule has 0 fully saturated rings. The number of para-hydroxylation sites is 2. The molecule has 2 rings (SSSR count). The minimum absolute atomic E-state index is 0.00217. The number of carbonyl (C=O) groups is 2. The molecule has 0 heterocycles. The lowest BCUT2D eigenvalue weighted by atomic mass is 10.2. The molecule has 29 heavy (non-hydrogen) atoms. The topological polar surface area (TPSA) is 76.4 Å². The van der Waals surface area contributed by atoms with Gasteiger partial charge in [-0.2, -0.15) is 5.26 Å². The molecule has 2 aromatic carbocycles. The summed E-state index contributed by atoms with van der Waals surface area (Å²) in [5.41, 5.74) is 0.839. The van der Waals surface area contributed by atoms with Gasteiger partial charge in [0.25, 0.3) is 0 Å². The number of rotatable bonds is 9. The van der Waals surface area contributed by atoms with E-state index in [1.54, 1.807) is 18.0 Å². The number of anilines is 2. The Morgan fingerprint density at radius 3 is 2.52 bits per heavy atom. The number of likely N-dealkylation sites (N-methyl/N-ethyl adjacent to an activating group) is 1. The summed E-state index contributed by atoms with van der Waals surface area (Å²) in [7, 11) is 1.64. The first-order valence-electron chi connectivity index (χ1n) is 8.99. The van der Waals surface area contributed by atoms with Crippen LogP contribution >= 0.6 is 11.8 Å². The Hall–Kier alpha value is -2.89. The van der Waals surface area contributed by atoms with E-state index in [1.807, 2.05) is 36.6 Å². The van der Waals surface area contributed by atoms with Gasteiger partial charge >= 0.3 is 0 Å². The number of hydrogen-bond donors (Lipinski definition) is 1. The lowest BCUT2D eigenvalue weighted by molar-refractivity contribution is -0.121. The zero-order chi connectivity index (χ0) is 21.2. The highest BCUT2D eigenvalue weighted by molar-refractivity contribution is 7.98. The second-order valence-corrected chi connectivity index (χ2v) is 7.17. The summed E-state index contributed by atoms with van der Waals surface area (Å²) in [6.07, 6.45) is 2.00. The monoisotopic (exact) mass is 414 g/mol. The molecule has 0 saturated carbocycles. The molecule has 0 aliphatic carbocycles. The molecule has 0 aliphatic rings. The molecule has 0 bridgehead atoms. The predicted octanol–water partition coefficient (Wildman–Crippen LogP) is 3.36. The van der Waals surface area contributed by atoms with Gasteiger partial charge in [-0.3, -0.25) is 14.5 Å². The van der Waals surface area contributed by atoms with Crippen molar-refractivity contribution < 1.29 is 14.0 Å². The first-order valence-corrected chi connectivity index (χ1v) is 10.2. The van der Waals surface area contributed by atoms with Crippen LogP contribution in [0.4, 0.5) is 15.8 Å². The average Bonchev–Trinajstić information content (AvgIpc) is 2.69. The van der Waals surface area contributed by atoms with Crippen molar-refractivity contribution in [2.75, 3.05) is 43.2 Å². The van der Waals surface area contributed by atoms with Gasteiger partial charge in [0.05, 0.1) is 37.0 Å². The van der Waals surface area contributed by atoms with Gasteiger partial charge in [-0.1, -0.05) is 24.3 Å². The van der Waals surface area contributed by atoms with E-state index in [2.05, 4.69) is 5.32 Å². The van der Waals surface area contributed by atoms with Crippen molar-refractivity contribution >= 4 is 35.0 Å². The van der Waals surface area contributed by atoms with Crippen LogP contribution in [0.15, 0.2) is 53.4 Å². The summed E-state index contributed by atoms with van der Waals surface area (Å²) in [6, 6.07) is 15.4. The summed E-state index contributed by atoms with van der Waals surface area (Å²) < 4.78 is 14.1. The summed E-state index contributed by atoms with van der Waals surface area (Å²) in [4.78, 5) is 28.8. The molecule has 152 valence electrons. The first-order chi connectivity index (χ1) is 14.0. The second kappa shape index (κ2) is 11.2. The van der Waals surface area contributed by atoms with Crippen LogP contribution in [-0.4, -0.2) is 49.7 Å². The second-order valence-electron chi connectivity index (χ2n) is 6.33. The minimum Gasteiger partial charge on any atom is -0.324 e. The summed E-state index contributed by atoms with van der Waals surface area (Å²) in [5, 5.41) is 11.7. The summed E-state index contributed by atoms with van der Waals surface area (Å²) in [6.45, 7) is -0.00736. The van der Waals surface area contributed by atoms with Gasteiger partial charge in [0, 0.05) is 11.4 Å². The number of nitrogens with one attached hydrogen (secondary N) is 1. The summed E-state index contributed by atoms with van der Waals surface area (Å²) in [5.74, 6) is -1.17. The van der Waals surface area contributed by atoms with Crippen LogP contribution in [0.1, 0.15) is 6.42 Å². The Labute approximate surface area is 174 Å². The predicted molar refractivity (Wildman–Crippen MR) is 113 cm³/mol. The fourth-order valence-corrected chi connectivity index (χ4v) is 3.32. The lowest BCUT2D eigenvalue weighted by Gasteiger charge is -2.25. The van der Waals surface area contributed by atoms with Crippen LogP contribution in [0.3, 0.4) is 0 Å². The van der Waals surface area contributed by atoms with Crippen molar-refractivity contribution in [1.29, 1.82) is 5.26 Å². The molecule has 0 spiro atoms. The van der Waals surface area contributed by atoms with Gasteiger partial charge < -0.3 is 10.2 Å². The van der Waals surface area contributed by atoms with Crippen molar-refractivity contribution in [2.45, 2.75) is 11.3 Å². The molecule has 0 atom stereocenters. The van der Waals surface area contributed by atoms with E-state index >= 15 is 0 Å². The molecule has 8 heteroatoms. The summed E-state index contributed by atoms with van der Waals surface area (Å²) >= 11 is 1.53. The Morgan fingerprint density at radius 1 is 1.14 bits per heavy atom. The maximum Gasteiger partial charge on any atom is 0.241 e. The van der Waals surface area contributed by atoms with E-state index in [1.165, 1.54) is 34.9 Å². The Balaban J connectivity index is 2.00. The number of amides is 2. The molecule has 6 nitrogen and oxygen atoms in total. The molecule has 1 N–H and O–H groups in total. The van der Waals surface area contributed by atoms with Crippen molar-refractivity contribution in [3.8, 4) is 6.07 Å². The van der Waals surface area contributed by atoms with Crippen LogP contribution in [0.5, 0.6) is 0 Å². The van der Waals surface area contributed by atoms with Gasteiger partial charge in [0.1, 0.15) is 5.82 Å². The van der Waals surface area contributed by atoms with Gasteiger partial charge in [0.15, 0.2) is 0 Å². The number of thioether (sulfide) groups is 1. The number of halogens is 1. The quantitative estimate of drug-likeness (QED) is 0.637. The third kappa shape index (κ3) is 6.59. The van der Waals surface area contributed by atoms with Gasteiger partial charge in [-0.25, -0.2) is 4.39 Å². The highest BCUT2D eigenvalue weighted by Gasteiger charge is 2.21. The lowest BCUT2D eigenvalue weighted by Crippen LogP contribution is -2.42. The van der Waals surface area contributed by atoms with E-state index < -0.39 is 5.82 Å². The number of benzene rings is 2. The number of nitriles is 1. The van der Waals surface area contributed by atoms with E-state index in [0.717, 1.165) is 4.90 Å². The first kappa shape index (κ1) is 22.4. The SMILES string of the molecule is CSc1ccccc1NC(=O)CN(C)CC(=O)N(CCC#N)c1ccccc1F. The molecular formula is C21H23FN4O2S. The molecule has 0 saturated heterocycles. The third-order valence-electron chi connectivity index (χ3n) is 4.09. The van der Waals surface area contributed by atoms with Gasteiger partial charge in [-0.15, -0.1) is 11.8 Å². The van der Waals surface area contributed by atoms with Crippen LogP contribution in [0.2, 0.25) is 0 Å². The zero-order valence-corrected chi connectivity index (χ0v) is 17.2. The minimum atomic E-state index is -0.534. The van der Waals surface area contributed by atoms with Gasteiger partial charge in [-0.05, 0) is 37.6 Å². The fraction of sp³-hybridized carbons (Fsp3) is 0.286. The third-order valence-corrected chi connectivity index (χ3v) is 4.89. The maximum absolute atomic E-state index is 14.1. The van der Waals surface area contributed by atoms with Crippen LogP contribution in [-0.2, 0) is 9.59 Å². The largest absolute Gasteiger partial charge is 0.324 e. The Morgan fingerprint density at radius 2 is 1.83 bits per heavy atom. The molecule has 0 aliphatic heterocycles. The molecule has 0 aromatic heterocycles. The van der Waals surface area contributed by atoms with Crippen LogP contribution < -0.4 is 10.2 Å². The van der Waals surface area contributed by atoms with Crippen LogP contribution in [0, 0.1) is 17.1 Å². The molecule has 0 unspecified atom stereocenters. The smallest absolute Gasteiger partial charge is 0.241 e. The van der Waals surface area contributed by atoms with E-state index in [4.69, 9.17) is 5.26 Å². The number of nitrogens with zero attached hydrogens (tertiary/aromatic N) is 3. The van der Waals surface area contributed by atoms with E-state index in [9.17, 15) is 14.0 Å². The molecular weight excluding hydrogens is 391 g/mol. The Bertz CT molecular complexity index is 900. The van der Waals surface area contributed by atoms with Crippen molar-refractivity contribution in [1.82, 2.24) is 4.90 Å². The average molecular weight is 415 g/mol. The molecule has 2 amide bonds. The zero-order valence-electron chi connectivity index (χ0n) is 16.4. The van der Waals surface area contributed by atoms with Crippen LogP contribution in [0.25, 0.3) is 0 Å². The van der Waals surface area contributed by atoms with E-state index in [0.29, 0.717) is 5.69 Å². The van der Waals surface area contributed by atoms with Crippen molar-refractivity contribution in [2.24, 2.45) is 0 Å². The standard InChI is InChI=1S/C21H23FN4O2S/c1-25(14-20(27)24-17-9-4-6-11-19(17)29-2)15-21(28)26(13-7-12-23)18-10-5-3-8-16(18)22/h3-6,8-11H,7,13-15H2,1-2H3,(H,24,27). The number of hydrogen-bond acceptors (Lipinski definition) is 5. The van der Waals surface area contributed by atoms with Gasteiger partial charge in [0.2, 0.25) is 11.8 Å². The molecule has 0 radical (unpaired) electrons. The number of carbonyl (C=O) groups excluding carboxylic acids is 2. The normalized spacial score (nSPS) is 10.4. The Kier molecular flexibility index (Phi) is 8.65. The van der Waals surface area contributed by atoms with E-state index in [-0.39, 0.29) is 43.6 Å². The molecule has 2 aromatic rings. The highest BCUT2D eigenvalue weighted by Crippen LogP contribution is 2.24. The maximum atomic E-state index is 14.1.